The van der Waals surface area contributed by atoms with Gasteiger partial charge in [0.15, 0.2) is 0 Å². The third kappa shape index (κ3) is 5.22. The molecule has 0 bridgehead atoms. The molecule has 0 N–H and O–H groups in total. The van der Waals surface area contributed by atoms with Crippen molar-refractivity contribution in [2.75, 3.05) is 58.7 Å². The van der Waals surface area contributed by atoms with Gasteiger partial charge in [-0.05, 0) is 13.3 Å². The normalized spacial score (nSPS) is 21.7. The number of aryl methyl sites for hydroxylation is 1. The summed E-state index contributed by atoms with van der Waals surface area (Å²) >= 11 is 0. The van der Waals surface area contributed by atoms with Crippen LogP contribution in [0.5, 0.6) is 0 Å². The Hall–Kier alpha value is -1.62. The number of rotatable bonds is 6. The van der Waals surface area contributed by atoms with Crippen molar-refractivity contribution in [2.45, 2.75) is 19.4 Å². The number of morpholine rings is 1. The van der Waals surface area contributed by atoms with Crippen molar-refractivity contribution in [2.24, 2.45) is 0 Å². The molecule has 10 heteroatoms. The van der Waals surface area contributed by atoms with Gasteiger partial charge in [0.1, 0.15) is 5.69 Å². The number of aromatic nitrogens is 2. The van der Waals surface area contributed by atoms with Crippen LogP contribution in [0.1, 0.15) is 22.6 Å². The molecule has 2 saturated heterocycles. The molecule has 0 aromatic carbocycles. The van der Waals surface area contributed by atoms with Crippen LogP contribution in [0, 0.1) is 6.92 Å². The summed E-state index contributed by atoms with van der Waals surface area (Å²) in [7, 11) is -3.36. The van der Waals surface area contributed by atoms with Gasteiger partial charge in [0.25, 0.3) is 5.91 Å². The van der Waals surface area contributed by atoms with Crippen LogP contribution in [0.15, 0.2) is 12.4 Å². The van der Waals surface area contributed by atoms with E-state index in [1.54, 1.807) is 11.1 Å². The first-order valence-electron chi connectivity index (χ1n) is 9.19. The lowest BCUT2D eigenvalue weighted by Gasteiger charge is -2.31. The number of sulfonamides is 1. The van der Waals surface area contributed by atoms with Gasteiger partial charge in [-0.3, -0.25) is 14.7 Å². The lowest BCUT2D eigenvalue weighted by Crippen LogP contribution is -2.47. The van der Waals surface area contributed by atoms with Crippen LogP contribution in [0.4, 0.5) is 0 Å². The average Bonchev–Trinajstić information content (AvgIpc) is 3.11. The highest BCUT2D eigenvalue weighted by Crippen LogP contribution is 2.20. The molecule has 2 aliphatic rings. The predicted octanol–water partition coefficient (Wildman–Crippen LogP) is -0.407. The van der Waals surface area contributed by atoms with Crippen LogP contribution in [-0.2, 0) is 14.8 Å². The van der Waals surface area contributed by atoms with Gasteiger partial charge in [-0.15, -0.1) is 0 Å². The second kappa shape index (κ2) is 8.59. The summed E-state index contributed by atoms with van der Waals surface area (Å²) in [6, 6.07) is -0.205. The smallest absolute Gasteiger partial charge is 0.274 e. The molecule has 0 radical (unpaired) electrons. The molecule has 3 rings (SSSR count). The number of hydrogen-bond acceptors (Lipinski definition) is 7. The average molecular weight is 398 g/mol. The largest absolute Gasteiger partial charge is 0.379 e. The highest BCUT2D eigenvalue weighted by molar-refractivity contribution is 7.88. The Morgan fingerprint density at radius 2 is 2.00 bits per heavy atom. The zero-order valence-corrected chi connectivity index (χ0v) is 16.7. The standard InChI is InChI=1S/C17H27N5O4S/c1-14-11-19-16(12-18-14)17(23)21-4-3-15(13-21)22(27(2,24)25)6-5-20-7-9-26-10-8-20/h11-12,15H,3-10,13H2,1-2H3. The molecule has 0 aliphatic carbocycles. The Bertz CT molecular complexity index is 749. The minimum Gasteiger partial charge on any atom is -0.379 e. The summed E-state index contributed by atoms with van der Waals surface area (Å²) in [5.74, 6) is -0.202. The number of carbonyl (C=O) groups excluding carboxylic acids is 1. The fourth-order valence-electron chi connectivity index (χ4n) is 3.51. The fourth-order valence-corrected chi connectivity index (χ4v) is 4.64. The first-order valence-corrected chi connectivity index (χ1v) is 11.0. The topological polar surface area (TPSA) is 95.9 Å². The Morgan fingerprint density at radius 3 is 2.63 bits per heavy atom. The summed E-state index contributed by atoms with van der Waals surface area (Å²) in [6.07, 6.45) is 4.90. The summed E-state index contributed by atoms with van der Waals surface area (Å²) < 4.78 is 31.5. The molecule has 2 fully saturated rings. The molecule has 2 aliphatic heterocycles. The quantitative estimate of drug-likeness (QED) is 0.644. The number of likely N-dealkylation sites (tertiary alicyclic amines) is 1. The first-order chi connectivity index (χ1) is 12.8. The third-order valence-electron chi connectivity index (χ3n) is 5.02. The maximum absolute atomic E-state index is 12.6. The minimum absolute atomic E-state index is 0.202. The number of nitrogens with zero attached hydrogens (tertiary/aromatic N) is 5. The summed E-state index contributed by atoms with van der Waals surface area (Å²) in [4.78, 5) is 24.7. The maximum atomic E-state index is 12.6. The zero-order chi connectivity index (χ0) is 19.4. The highest BCUT2D eigenvalue weighted by atomic mass is 32.2. The molecule has 0 spiro atoms. The molecule has 150 valence electrons. The third-order valence-corrected chi connectivity index (χ3v) is 6.36. The van der Waals surface area contributed by atoms with Crippen molar-refractivity contribution >= 4 is 15.9 Å². The first kappa shape index (κ1) is 20.1. The fraction of sp³-hybridized carbons (Fsp3) is 0.706. The van der Waals surface area contributed by atoms with E-state index in [9.17, 15) is 13.2 Å². The van der Waals surface area contributed by atoms with E-state index in [2.05, 4.69) is 14.9 Å². The van der Waals surface area contributed by atoms with E-state index in [1.165, 1.54) is 16.8 Å². The molecule has 1 unspecified atom stereocenters. The van der Waals surface area contributed by atoms with Crippen molar-refractivity contribution in [3.8, 4) is 0 Å². The van der Waals surface area contributed by atoms with E-state index >= 15 is 0 Å². The van der Waals surface area contributed by atoms with E-state index < -0.39 is 10.0 Å². The van der Waals surface area contributed by atoms with Gasteiger partial charge >= 0.3 is 0 Å². The number of carbonyl (C=O) groups is 1. The van der Waals surface area contributed by atoms with Crippen molar-refractivity contribution in [3.05, 3.63) is 23.8 Å². The zero-order valence-electron chi connectivity index (χ0n) is 15.9. The molecule has 0 saturated carbocycles. The molecular weight excluding hydrogens is 370 g/mol. The van der Waals surface area contributed by atoms with Gasteiger partial charge < -0.3 is 9.64 Å². The van der Waals surface area contributed by atoms with E-state index in [1.807, 2.05) is 6.92 Å². The Balaban J connectivity index is 1.62. The van der Waals surface area contributed by atoms with Crippen LogP contribution < -0.4 is 0 Å². The number of hydrogen-bond donors (Lipinski definition) is 0. The van der Waals surface area contributed by atoms with E-state index in [0.717, 1.165) is 18.8 Å². The van der Waals surface area contributed by atoms with Crippen LogP contribution in [0.3, 0.4) is 0 Å². The molecule has 9 nitrogen and oxygen atoms in total. The molecule has 1 aromatic rings. The molecule has 3 heterocycles. The molecule has 1 aromatic heterocycles. The predicted molar refractivity (Wildman–Crippen MR) is 99.9 cm³/mol. The van der Waals surface area contributed by atoms with Gasteiger partial charge in [-0.25, -0.2) is 13.4 Å². The molecule has 1 atom stereocenters. The lowest BCUT2D eigenvalue weighted by atomic mass is 10.2. The monoisotopic (exact) mass is 397 g/mol. The van der Waals surface area contributed by atoms with Crippen molar-refractivity contribution in [1.29, 1.82) is 0 Å². The second-order valence-corrected chi connectivity index (χ2v) is 9.00. The number of amides is 1. The Labute approximate surface area is 160 Å². The SMILES string of the molecule is Cc1cnc(C(=O)N2CCC(N(CCN3CCOCC3)S(C)(=O)=O)C2)cn1. The minimum atomic E-state index is -3.36. The summed E-state index contributed by atoms with van der Waals surface area (Å²) in [5, 5.41) is 0. The molecular formula is C17H27N5O4S. The Morgan fingerprint density at radius 1 is 1.26 bits per heavy atom. The Kier molecular flexibility index (Phi) is 6.40. The van der Waals surface area contributed by atoms with Crippen LogP contribution in [0.25, 0.3) is 0 Å². The summed E-state index contributed by atoms with van der Waals surface area (Å²) in [5.41, 5.74) is 1.04. The van der Waals surface area contributed by atoms with Crippen molar-refractivity contribution in [1.82, 2.24) is 24.1 Å². The van der Waals surface area contributed by atoms with E-state index in [0.29, 0.717) is 51.5 Å². The lowest BCUT2D eigenvalue weighted by molar-refractivity contribution is 0.0353. The second-order valence-electron chi connectivity index (χ2n) is 7.06. The highest BCUT2D eigenvalue weighted by Gasteiger charge is 2.35. The van der Waals surface area contributed by atoms with Crippen molar-refractivity contribution < 1.29 is 17.9 Å². The van der Waals surface area contributed by atoms with Gasteiger partial charge in [-0.1, -0.05) is 0 Å². The summed E-state index contributed by atoms with van der Waals surface area (Å²) in [6.45, 7) is 6.81. The van der Waals surface area contributed by atoms with E-state index in [-0.39, 0.29) is 11.9 Å². The van der Waals surface area contributed by atoms with Gasteiger partial charge in [0, 0.05) is 51.5 Å². The van der Waals surface area contributed by atoms with E-state index in [4.69, 9.17) is 4.74 Å². The van der Waals surface area contributed by atoms with Gasteiger partial charge in [-0.2, -0.15) is 4.31 Å². The van der Waals surface area contributed by atoms with Crippen LogP contribution in [-0.4, -0.2) is 103 Å². The molecule has 27 heavy (non-hydrogen) atoms. The van der Waals surface area contributed by atoms with Gasteiger partial charge in [0.2, 0.25) is 10.0 Å². The van der Waals surface area contributed by atoms with Gasteiger partial charge in [0.05, 0.1) is 31.4 Å². The molecule has 1 amide bonds. The van der Waals surface area contributed by atoms with Crippen LogP contribution >= 0.6 is 0 Å². The van der Waals surface area contributed by atoms with Crippen molar-refractivity contribution in [3.63, 3.8) is 0 Å². The van der Waals surface area contributed by atoms with Crippen LogP contribution in [0.2, 0.25) is 0 Å². The number of ether oxygens (including phenoxy) is 1. The maximum Gasteiger partial charge on any atom is 0.274 e.